The van der Waals surface area contributed by atoms with Gasteiger partial charge in [-0.15, -0.1) is 0 Å². The second-order valence-electron chi connectivity index (χ2n) is 11.3. The van der Waals surface area contributed by atoms with E-state index in [1.54, 1.807) is 0 Å². The van der Waals surface area contributed by atoms with Crippen LogP contribution in [0.25, 0.3) is 0 Å². The molecule has 0 aromatic rings. The van der Waals surface area contributed by atoms with E-state index in [9.17, 15) is 9.59 Å². The van der Waals surface area contributed by atoms with E-state index in [0.29, 0.717) is 30.8 Å². The number of carbonyl (C=O) groups is 2. The lowest BCUT2D eigenvalue weighted by atomic mass is 9.55. The molecule has 35 heavy (non-hydrogen) atoms. The first kappa shape index (κ1) is 31.9. The van der Waals surface area contributed by atoms with Crippen molar-refractivity contribution in [3.05, 3.63) is 0 Å². The predicted octanol–water partition coefficient (Wildman–Crippen LogP) is 6.79. The maximum atomic E-state index is 13.9. The zero-order valence-corrected chi connectivity index (χ0v) is 24.7. The van der Waals surface area contributed by atoms with Crippen molar-refractivity contribution in [3.8, 4) is 0 Å². The van der Waals surface area contributed by atoms with Crippen molar-refractivity contribution in [2.45, 2.75) is 119 Å². The Morgan fingerprint density at radius 2 is 1.63 bits per heavy atom. The normalized spacial score (nSPS) is 18.3. The molecule has 0 aromatic carbocycles. The van der Waals surface area contributed by atoms with Crippen LogP contribution in [0.2, 0.25) is 0 Å². The number of likely N-dealkylation sites (tertiary alicyclic amines) is 1. The lowest BCUT2D eigenvalue weighted by Crippen LogP contribution is -2.57. The van der Waals surface area contributed by atoms with Crippen LogP contribution in [-0.4, -0.2) is 61.5 Å². The minimum absolute atomic E-state index is 0.0140. The first-order valence-electron chi connectivity index (χ1n) is 14.8. The predicted molar refractivity (Wildman–Crippen MR) is 147 cm³/mol. The Morgan fingerprint density at radius 1 is 1.03 bits per heavy atom. The van der Waals surface area contributed by atoms with Gasteiger partial charge >= 0.3 is 5.97 Å². The summed E-state index contributed by atoms with van der Waals surface area (Å²) < 4.78 is 5.98. The summed E-state index contributed by atoms with van der Waals surface area (Å²) in [5, 5.41) is 0. The van der Waals surface area contributed by atoms with Gasteiger partial charge in [0.05, 0.1) is 5.92 Å². The van der Waals surface area contributed by atoms with Gasteiger partial charge in [0.25, 0.3) is 0 Å². The highest BCUT2D eigenvalue weighted by Crippen LogP contribution is 2.52. The van der Waals surface area contributed by atoms with Gasteiger partial charge < -0.3 is 14.5 Å². The molecule has 1 saturated heterocycles. The number of amides is 1. The number of likely N-dealkylation sites (N-methyl/N-ethyl adjacent to an activating group) is 1. The van der Waals surface area contributed by atoms with E-state index in [2.05, 4.69) is 58.3 Å². The maximum absolute atomic E-state index is 13.9. The van der Waals surface area contributed by atoms with E-state index in [1.807, 2.05) is 14.1 Å². The molecule has 2 unspecified atom stereocenters. The van der Waals surface area contributed by atoms with Gasteiger partial charge in [-0.1, -0.05) is 74.1 Å². The molecule has 0 saturated carbocycles. The Balaban J connectivity index is 3.64. The number of hydrogen-bond donors (Lipinski definition) is 0. The molecule has 1 rings (SSSR count). The average molecular weight is 495 g/mol. The van der Waals surface area contributed by atoms with E-state index in [4.69, 9.17) is 4.74 Å². The minimum Gasteiger partial charge on any atom is -0.464 e. The number of hydrogen-bond acceptors (Lipinski definition) is 4. The summed E-state index contributed by atoms with van der Waals surface area (Å²) in [6.07, 6.45) is 9.81. The van der Waals surface area contributed by atoms with Crippen LogP contribution in [0.5, 0.6) is 0 Å². The van der Waals surface area contributed by atoms with Crippen molar-refractivity contribution < 1.29 is 14.3 Å². The van der Waals surface area contributed by atoms with Crippen molar-refractivity contribution >= 4 is 11.9 Å². The molecular formula is C30H58N2O3. The molecule has 0 bridgehead atoms. The van der Waals surface area contributed by atoms with Crippen LogP contribution >= 0.6 is 0 Å². The van der Waals surface area contributed by atoms with Crippen LogP contribution in [0.3, 0.4) is 0 Å². The van der Waals surface area contributed by atoms with Gasteiger partial charge in [-0.05, 0) is 69.4 Å². The minimum atomic E-state index is -0.124. The Morgan fingerprint density at radius 3 is 2.06 bits per heavy atom. The number of carbonyl (C=O) groups excluding carboxylic acids is 2. The summed E-state index contributed by atoms with van der Waals surface area (Å²) in [6.45, 7) is 17.9. The summed E-state index contributed by atoms with van der Waals surface area (Å²) in [5.74, 6) is 1.09. The van der Waals surface area contributed by atoms with Crippen LogP contribution < -0.4 is 0 Å². The zero-order chi connectivity index (χ0) is 26.6. The smallest absolute Gasteiger partial charge is 0.309 e. The van der Waals surface area contributed by atoms with Crippen LogP contribution in [0, 0.1) is 29.1 Å². The second-order valence-corrected chi connectivity index (χ2v) is 11.3. The highest BCUT2D eigenvalue weighted by Gasteiger charge is 2.53. The SMILES string of the molecule is CCCC([C@H](C(=O)OCCN(C)C)C(CC)CC)C(CC)(CC)C([C@H](C)CCC)N1CCCC1=O. The monoisotopic (exact) mass is 494 g/mol. The van der Waals surface area contributed by atoms with Gasteiger partial charge in [0, 0.05) is 25.6 Å². The number of esters is 1. The Kier molecular flexibility index (Phi) is 14.5. The fourth-order valence-corrected chi connectivity index (χ4v) is 7.21. The standard InChI is InChI=1S/C30H58N2O3/c1-10-17-23(7)28(32-20-16-19-26(32)33)30(14-5,15-6)25(18-11-2)27(24(12-3)13-4)29(34)35-22-21-31(8)9/h23-25,27-28H,10-22H2,1-9H3/t23-,25?,27-,28?/m1/s1. The molecule has 4 atom stereocenters. The molecule has 5 heteroatoms. The molecule has 1 aliphatic rings. The van der Waals surface area contributed by atoms with Crippen LogP contribution in [0.4, 0.5) is 0 Å². The first-order valence-corrected chi connectivity index (χ1v) is 14.8. The average Bonchev–Trinajstić information content (AvgIpc) is 3.24. The lowest BCUT2D eigenvalue weighted by molar-refractivity contribution is -0.160. The van der Waals surface area contributed by atoms with Gasteiger partial charge in [0.2, 0.25) is 5.91 Å². The number of rotatable bonds is 18. The van der Waals surface area contributed by atoms with E-state index < -0.39 is 0 Å². The zero-order valence-electron chi connectivity index (χ0n) is 24.7. The van der Waals surface area contributed by atoms with E-state index >= 15 is 0 Å². The van der Waals surface area contributed by atoms with E-state index in [-0.39, 0.29) is 29.3 Å². The van der Waals surface area contributed by atoms with Gasteiger partial charge in [0.1, 0.15) is 6.61 Å². The van der Waals surface area contributed by atoms with Gasteiger partial charge in [-0.3, -0.25) is 9.59 Å². The summed E-state index contributed by atoms with van der Waals surface area (Å²) in [5.41, 5.74) is -0.0988. The van der Waals surface area contributed by atoms with Crippen molar-refractivity contribution in [1.82, 2.24) is 9.80 Å². The molecule has 206 valence electrons. The second kappa shape index (κ2) is 15.9. The highest BCUT2D eigenvalue weighted by atomic mass is 16.5. The van der Waals surface area contributed by atoms with Crippen LogP contribution in [-0.2, 0) is 14.3 Å². The highest BCUT2D eigenvalue weighted by molar-refractivity contribution is 5.78. The summed E-state index contributed by atoms with van der Waals surface area (Å²) in [7, 11) is 4.02. The summed E-state index contributed by atoms with van der Waals surface area (Å²) in [4.78, 5) is 31.3. The van der Waals surface area contributed by atoms with Gasteiger partial charge in [-0.25, -0.2) is 0 Å². The third-order valence-corrected chi connectivity index (χ3v) is 9.02. The molecule has 1 fully saturated rings. The molecule has 0 radical (unpaired) electrons. The van der Waals surface area contributed by atoms with Gasteiger partial charge in [0.15, 0.2) is 0 Å². The molecule has 1 aliphatic heterocycles. The van der Waals surface area contributed by atoms with Crippen molar-refractivity contribution in [2.24, 2.45) is 29.1 Å². The van der Waals surface area contributed by atoms with Gasteiger partial charge in [-0.2, -0.15) is 0 Å². The molecule has 5 nitrogen and oxygen atoms in total. The fourth-order valence-electron chi connectivity index (χ4n) is 7.21. The van der Waals surface area contributed by atoms with Crippen molar-refractivity contribution in [1.29, 1.82) is 0 Å². The van der Waals surface area contributed by atoms with E-state index in [1.165, 1.54) is 0 Å². The molecular weight excluding hydrogens is 436 g/mol. The fraction of sp³-hybridized carbons (Fsp3) is 0.933. The molecule has 0 spiro atoms. The molecule has 0 aromatic heterocycles. The summed E-state index contributed by atoms with van der Waals surface area (Å²) >= 11 is 0. The number of ether oxygens (including phenoxy) is 1. The van der Waals surface area contributed by atoms with Crippen molar-refractivity contribution in [3.63, 3.8) is 0 Å². The lowest BCUT2D eigenvalue weighted by Gasteiger charge is -2.54. The molecule has 0 N–H and O–H groups in total. The van der Waals surface area contributed by atoms with Crippen LogP contribution in [0.15, 0.2) is 0 Å². The Hall–Kier alpha value is -1.10. The first-order chi connectivity index (χ1) is 16.7. The number of nitrogens with zero attached hydrogens (tertiary/aromatic N) is 2. The van der Waals surface area contributed by atoms with Crippen LogP contribution in [0.1, 0.15) is 113 Å². The Bertz CT molecular complexity index is 613. The van der Waals surface area contributed by atoms with Crippen molar-refractivity contribution in [2.75, 3.05) is 33.8 Å². The third kappa shape index (κ3) is 7.94. The molecule has 1 amide bonds. The largest absolute Gasteiger partial charge is 0.464 e. The molecule has 0 aliphatic carbocycles. The maximum Gasteiger partial charge on any atom is 0.309 e. The quantitative estimate of drug-likeness (QED) is 0.197. The van der Waals surface area contributed by atoms with E-state index in [0.717, 1.165) is 70.9 Å². The molecule has 1 heterocycles. The summed E-state index contributed by atoms with van der Waals surface area (Å²) in [6, 6.07) is 0.176. The third-order valence-electron chi connectivity index (χ3n) is 9.02. The topological polar surface area (TPSA) is 49.9 Å². The Labute approximate surface area is 217 Å².